The summed E-state index contributed by atoms with van der Waals surface area (Å²) in [7, 11) is 0. The van der Waals surface area contributed by atoms with Crippen molar-refractivity contribution in [2.75, 3.05) is 5.32 Å². The van der Waals surface area contributed by atoms with Crippen molar-refractivity contribution in [3.8, 4) is 11.3 Å². The molecule has 0 spiro atoms. The third kappa shape index (κ3) is 4.17. The zero-order chi connectivity index (χ0) is 16.1. The van der Waals surface area contributed by atoms with Gasteiger partial charge in [0.2, 0.25) is 11.9 Å². The first-order chi connectivity index (χ1) is 11.2. The molecule has 0 aliphatic heterocycles. The van der Waals surface area contributed by atoms with E-state index >= 15 is 0 Å². The Morgan fingerprint density at radius 1 is 1.17 bits per heavy atom. The lowest BCUT2D eigenvalue weighted by Crippen LogP contribution is -2.14. The number of hydrogen-bond donors (Lipinski definition) is 1. The summed E-state index contributed by atoms with van der Waals surface area (Å²) < 4.78 is 12.9. The summed E-state index contributed by atoms with van der Waals surface area (Å²) in [6, 6.07) is 7.87. The standard InChI is InChI=1S/C16H13FN4OS/c17-12-4-2-11(3-5-12)13-10-23-15(20-13)7-6-14(22)21-16-18-8-1-9-19-16/h1-5,8-10H,6-7H2,(H,18,19,21,22). The van der Waals surface area contributed by atoms with E-state index in [1.54, 1.807) is 30.6 Å². The van der Waals surface area contributed by atoms with Crippen molar-refractivity contribution in [2.45, 2.75) is 12.8 Å². The van der Waals surface area contributed by atoms with Crippen LogP contribution in [-0.4, -0.2) is 20.9 Å². The van der Waals surface area contributed by atoms with Crippen molar-refractivity contribution in [1.82, 2.24) is 15.0 Å². The first-order valence-electron chi connectivity index (χ1n) is 6.98. The summed E-state index contributed by atoms with van der Waals surface area (Å²) in [5.41, 5.74) is 1.65. The number of amides is 1. The number of carbonyl (C=O) groups excluding carboxylic acids is 1. The number of nitrogens with one attached hydrogen (secondary N) is 1. The van der Waals surface area contributed by atoms with E-state index in [0.29, 0.717) is 18.8 Å². The van der Waals surface area contributed by atoms with Crippen molar-refractivity contribution >= 4 is 23.2 Å². The second-order valence-corrected chi connectivity index (χ2v) is 5.70. The minimum absolute atomic E-state index is 0.158. The highest BCUT2D eigenvalue weighted by Crippen LogP contribution is 2.22. The lowest BCUT2D eigenvalue weighted by atomic mass is 10.2. The number of rotatable bonds is 5. The van der Waals surface area contributed by atoms with Crippen LogP contribution in [0.2, 0.25) is 0 Å². The third-order valence-corrected chi connectivity index (χ3v) is 3.98. The maximum Gasteiger partial charge on any atom is 0.229 e. The molecule has 0 fully saturated rings. The smallest absolute Gasteiger partial charge is 0.229 e. The van der Waals surface area contributed by atoms with Crippen LogP contribution >= 0.6 is 11.3 Å². The summed E-state index contributed by atoms with van der Waals surface area (Å²) in [5, 5.41) is 5.39. The zero-order valence-corrected chi connectivity index (χ0v) is 12.9. The van der Waals surface area contributed by atoms with Crippen LogP contribution in [-0.2, 0) is 11.2 Å². The molecule has 0 bridgehead atoms. The van der Waals surface area contributed by atoms with Gasteiger partial charge < -0.3 is 0 Å². The fraction of sp³-hybridized carbons (Fsp3) is 0.125. The molecule has 3 aromatic rings. The van der Waals surface area contributed by atoms with Gasteiger partial charge in [-0.25, -0.2) is 19.3 Å². The SMILES string of the molecule is O=C(CCc1nc(-c2ccc(F)cc2)cs1)Nc1ncccn1. The number of halogens is 1. The average Bonchev–Trinajstić information content (AvgIpc) is 3.04. The maximum absolute atomic E-state index is 12.9. The van der Waals surface area contributed by atoms with E-state index in [9.17, 15) is 9.18 Å². The number of hydrogen-bond acceptors (Lipinski definition) is 5. The van der Waals surface area contributed by atoms with Crippen LogP contribution < -0.4 is 5.32 Å². The van der Waals surface area contributed by atoms with Gasteiger partial charge in [0.1, 0.15) is 5.82 Å². The molecule has 5 nitrogen and oxygen atoms in total. The van der Waals surface area contributed by atoms with Crippen LogP contribution in [0.25, 0.3) is 11.3 Å². The summed E-state index contributed by atoms with van der Waals surface area (Å²) in [5.74, 6) is -0.137. The van der Waals surface area contributed by atoms with E-state index in [-0.39, 0.29) is 11.7 Å². The maximum atomic E-state index is 12.9. The number of nitrogens with zero attached hydrogens (tertiary/aromatic N) is 3. The average molecular weight is 328 g/mol. The Bertz CT molecular complexity index is 789. The van der Waals surface area contributed by atoms with Crippen LogP contribution in [0.1, 0.15) is 11.4 Å². The normalized spacial score (nSPS) is 10.5. The summed E-state index contributed by atoms with van der Waals surface area (Å²) in [6.07, 6.45) is 3.97. The van der Waals surface area contributed by atoms with Crippen LogP contribution in [0, 0.1) is 5.82 Å². The predicted molar refractivity (Wildman–Crippen MR) is 86.5 cm³/mol. The Kier molecular flexibility index (Phi) is 4.68. The lowest BCUT2D eigenvalue weighted by Gasteiger charge is -2.01. The van der Waals surface area contributed by atoms with E-state index in [2.05, 4.69) is 20.3 Å². The number of anilines is 1. The molecule has 2 heterocycles. The summed E-state index contributed by atoms with van der Waals surface area (Å²) in [6.45, 7) is 0. The molecule has 1 N–H and O–H groups in total. The van der Waals surface area contributed by atoms with Gasteiger partial charge in [0.25, 0.3) is 0 Å². The number of benzene rings is 1. The zero-order valence-electron chi connectivity index (χ0n) is 12.1. The Hall–Kier alpha value is -2.67. The van der Waals surface area contributed by atoms with Crippen LogP contribution in [0.3, 0.4) is 0 Å². The topological polar surface area (TPSA) is 67.8 Å². The molecule has 2 aromatic heterocycles. The van der Waals surface area contributed by atoms with Crippen molar-refractivity contribution in [3.63, 3.8) is 0 Å². The van der Waals surface area contributed by atoms with E-state index in [1.165, 1.54) is 23.5 Å². The van der Waals surface area contributed by atoms with Crippen molar-refractivity contribution in [2.24, 2.45) is 0 Å². The predicted octanol–water partition coefficient (Wildman–Crippen LogP) is 3.31. The van der Waals surface area contributed by atoms with Gasteiger partial charge in [0, 0.05) is 36.2 Å². The fourth-order valence-electron chi connectivity index (χ4n) is 1.95. The number of carbonyl (C=O) groups is 1. The molecule has 116 valence electrons. The monoisotopic (exact) mass is 328 g/mol. The van der Waals surface area contributed by atoms with Gasteiger partial charge in [-0.2, -0.15) is 0 Å². The fourth-order valence-corrected chi connectivity index (χ4v) is 2.76. The molecule has 1 amide bonds. The Balaban J connectivity index is 1.57. The molecule has 0 aliphatic rings. The van der Waals surface area contributed by atoms with Crippen LogP contribution in [0.4, 0.5) is 10.3 Å². The first-order valence-corrected chi connectivity index (χ1v) is 7.86. The molecule has 7 heteroatoms. The lowest BCUT2D eigenvalue weighted by molar-refractivity contribution is -0.116. The highest BCUT2D eigenvalue weighted by molar-refractivity contribution is 7.09. The number of aromatic nitrogens is 3. The molecule has 1 aromatic carbocycles. The quantitative estimate of drug-likeness (QED) is 0.780. The summed E-state index contributed by atoms with van der Waals surface area (Å²) in [4.78, 5) is 24.2. The van der Waals surface area contributed by atoms with Crippen LogP contribution in [0.5, 0.6) is 0 Å². The molecule has 0 saturated carbocycles. The Morgan fingerprint density at radius 2 is 1.91 bits per heavy atom. The molecule has 3 rings (SSSR count). The molecular weight excluding hydrogens is 315 g/mol. The molecular formula is C16H13FN4OS. The van der Waals surface area contributed by atoms with Gasteiger partial charge in [-0.15, -0.1) is 11.3 Å². The van der Waals surface area contributed by atoms with Gasteiger partial charge in [-0.3, -0.25) is 10.1 Å². The van der Waals surface area contributed by atoms with Gasteiger partial charge in [0.05, 0.1) is 10.7 Å². The Morgan fingerprint density at radius 3 is 2.65 bits per heavy atom. The number of thiazole rings is 1. The Labute approximate surface area is 136 Å². The minimum Gasteiger partial charge on any atom is -0.295 e. The first kappa shape index (κ1) is 15.2. The second-order valence-electron chi connectivity index (χ2n) is 4.75. The molecule has 0 aliphatic carbocycles. The van der Waals surface area contributed by atoms with Crippen LogP contribution in [0.15, 0.2) is 48.1 Å². The van der Waals surface area contributed by atoms with Crippen molar-refractivity contribution < 1.29 is 9.18 Å². The number of aryl methyl sites for hydroxylation is 1. The minimum atomic E-state index is -0.274. The van der Waals surface area contributed by atoms with E-state index in [1.807, 2.05) is 5.38 Å². The van der Waals surface area contributed by atoms with E-state index < -0.39 is 0 Å². The molecule has 0 atom stereocenters. The van der Waals surface area contributed by atoms with Gasteiger partial charge in [-0.05, 0) is 30.3 Å². The molecule has 0 radical (unpaired) electrons. The highest BCUT2D eigenvalue weighted by atomic mass is 32.1. The van der Waals surface area contributed by atoms with Gasteiger partial charge >= 0.3 is 0 Å². The highest BCUT2D eigenvalue weighted by Gasteiger charge is 2.08. The summed E-state index contributed by atoms with van der Waals surface area (Å²) >= 11 is 1.48. The molecule has 0 unspecified atom stereocenters. The van der Waals surface area contributed by atoms with Crippen molar-refractivity contribution in [3.05, 3.63) is 58.9 Å². The largest absolute Gasteiger partial charge is 0.295 e. The molecule has 23 heavy (non-hydrogen) atoms. The van der Waals surface area contributed by atoms with Gasteiger partial charge in [0.15, 0.2) is 0 Å². The van der Waals surface area contributed by atoms with Crippen molar-refractivity contribution in [1.29, 1.82) is 0 Å². The molecule has 0 saturated heterocycles. The third-order valence-electron chi connectivity index (χ3n) is 3.07. The van der Waals surface area contributed by atoms with Gasteiger partial charge in [-0.1, -0.05) is 0 Å². The second kappa shape index (κ2) is 7.06. The van der Waals surface area contributed by atoms with E-state index in [4.69, 9.17) is 0 Å². The van der Waals surface area contributed by atoms with E-state index in [0.717, 1.165) is 16.3 Å².